The first-order valence-corrected chi connectivity index (χ1v) is 12.8. The molecule has 0 radical (unpaired) electrons. The molecule has 0 unspecified atom stereocenters. The number of rotatable bonds is 4. The van der Waals surface area contributed by atoms with Gasteiger partial charge in [0.2, 0.25) is 12.7 Å². The number of hydrogen-bond acceptors (Lipinski definition) is 5. The first-order valence-electron chi connectivity index (χ1n) is 12.8. The summed E-state index contributed by atoms with van der Waals surface area (Å²) in [6.45, 7) is 0.457. The zero-order valence-electron chi connectivity index (χ0n) is 20.2. The zero-order chi connectivity index (χ0) is 24.6. The van der Waals surface area contributed by atoms with E-state index in [1.165, 1.54) is 25.7 Å². The van der Waals surface area contributed by atoms with E-state index in [-0.39, 0.29) is 49.8 Å². The average Bonchev–Trinajstić information content (AvgIpc) is 3.57. The summed E-state index contributed by atoms with van der Waals surface area (Å²) in [4.78, 5) is 29.6. The first-order chi connectivity index (χ1) is 17.6. The lowest BCUT2D eigenvalue weighted by Gasteiger charge is -2.58. The number of aliphatic hydroxyl groups excluding tert-OH is 1. The largest absolute Gasteiger partial charge is 0.454 e. The van der Waals surface area contributed by atoms with Gasteiger partial charge in [-0.25, -0.2) is 0 Å². The third-order valence-corrected chi connectivity index (χ3v) is 8.05. The van der Waals surface area contributed by atoms with Crippen molar-refractivity contribution in [3.63, 3.8) is 0 Å². The molecule has 2 saturated heterocycles. The number of aliphatic hydroxyl groups is 1. The molecule has 1 aliphatic carbocycles. The van der Waals surface area contributed by atoms with Gasteiger partial charge in [-0.1, -0.05) is 36.8 Å². The Labute approximate surface area is 211 Å². The minimum atomic E-state index is -0.274. The molecule has 3 aliphatic heterocycles. The average molecular weight is 487 g/mol. The lowest BCUT2D eigenvalue weighted by atomic mass is 9.73. The van der Waals surface area contributed by atoms with Gasteiger partial charge in [0.25, 0.3) is 5.91 Å². The molecule has 3 fully saturated rings. The second-order valence-corrected chi connectivity index (χ2v) is 10.2. The highest BCUT2D eigenvalue weighted by Crippen LogP contribution is 2.43. The Morgan fingerprint density at radius 3 is 2.61 bits per heavy atom. The van der Waals surface area contributed by atoms with Gasteiger partial charge in [0, 0.05) is 30.0 Å². The van der Waals surface area contributed by atoms with Crippen LogP contribution in [0.2, 0.25) is 0 Å². The SMILES string of the molecule is O=C(c1ccc2c(c1)OCO2)N1CC(=O)N2[C@@H](CO)[C@@H](c3ccc(C#CCC4CCCC4)cc3)[C@@H]2C1. The summed E-state index contributed by atoms with van der Waals surface area (Å²) in [5.74, 6) is 8.14. The minimum absolute atomic E-state index is 0.00250. The molecule has 2 aromatic carbocycles. The predicted octanol–water partition coefficient (Wildman–Crippen LogP) is 3.16. The smallest absolute Gasteiger partial charge is 0.254 e. The molecule has 3 atom stereocenters. The van der Waals surface area contributed by atoms with Gasteiger partial charge in [-0.05, 0) is 54.7 Å². The second-order valence-electron chi connectivity index (χ2n) is 10.2. The monoisotopic (exact) mass is 486 g/mol. The molecular formula is C29H30N2O5. The number of hydrogen-bond donors (Lipinski definition) is 1. The number of benzene rings is 2. The van der Waals surface area contributed by atoms with Crippen molar-refractivity contribution in [3.8, 4) is 23.3 Å². The molecular weight excluding hydrogens is 456 g/mol. The van der Waals surface area contributed by atoms with Gasteiger partial charge in [-0.3, -0.25) is 9.59 Å². The number of piperazine rings is 1. The Hall–Kier alpha value is -3.50. The first kappa shape index (κ1) is 22.9. The minimum Gasteiger partial charge on any atom is -0.454 e. The number of carbonyl (C=O) groups excluding carboxylic acids is 2. The Morgan fingerprint density at radius 1 is 1.06 bits per heavy atom. The number of fused-ring (bicyclic) bond motifs is 2. The highest BCUT2D eigenvalue weighted by molar-refractivity contribution is 5.98. The Kier molecular flexibility index (Phi) is 6.06. The van der Waals surface area contributed by atoms with E-state index in [2.05, 4.69) is 11.8 Å². The van der Waals surface area contributed by atoms with E-state index in [0.29, 0.717) is 23.6 Å². The molecule has 0 bridgehead atoms. The van der Waals surface area contributed by atoms with E-state index in [1.807, 2.05) is 24.3 Å². The summed E-state index contributed by atoms with van der Waals surface area (Å²) in [6, 6.07) is 12.8. The van der Waals surface area contributed by atoms with Crippen LogP contribution in [0.5, 0.6) is 11.5 Å². The Balaban J connectivity index is 1.17. The third-order valence-electron chi connectivity index (χ3n) is 8.05. The molecule has 186 valence electrons. The van der Waals surface area contributed by atoms with Crippen LogP contribution >= 0.6 is 0 Å². The van der Waals surface area contributed by atoms with Crippen molar-refractivity contribution in [2.75, 3.05) is 26.5 Å². The molecule has 0 aromatic heterocycles. The molecule has 0 spiro atoms. The van der Waals surface area contributed by atoms with E-state index < -0.39 is 0 Å². The number of amides is 2. The van der Waals surface area contributed by atoms with Gasteiger partial charge in [-0.2, -0.15) is 0 Å². The normalized spacial score (nSPS) is 24.7. The van der Waals surface area contributed by atoms with Crippen LogP contribution in [0, 0.1) is 17.8 Å². The van der Waals surface area contributed by atoms with Crippen molar-refractivity contribution in [1.82, 2.24) is 9.80 Å². The van der Waals surface area contributed by atoms with Gasteiger partial charge >= 0.3 is 0 Å². The highest BCUT2D eigenvalue weighted by atomic mass is 16.7. The molecule has 7 nitrogen and oxygen atoms in total. The molecule has 3 heterocycles. The van der Waals surface area contributed by atoms with Crippen LogP contribution in [0.25, 0.3) is 0 Å². The van der Waals surface area contributed by atoms with E-state index in [4.69, 9.17) is 9.47 Å². The van der Waals surface area contributed by atoms with Crippen LogP contribution in [-0.4, -0.2) is 65.3 Å². The predicted molar refractivity (Wildman–Crippen MR) is 133 cm³/mol. The summed E-state index contributed by atoms with van der Waals surface area (Å²) in [5, 5.41) is 10.1. The van der Waals surface area contributed by atoms with Crippen molar-refractivity contribution >= 4 is 11.8 Å². The zero-order valence-corrected chi connectivity index (χ0v) is 20.2. The molecule has 1 saturated carbocycles. The summed E-state index contributed by atoms with van der Waals surface area (Å²) in [6.07, 6.45) is 6.21. The van der Waals surface area contributed by atoms with E-state index in [0.717, 1.165) is 23.5 Å². The summed E-state index contributed by atoms with van der Waals surface area (Å²) in [7, 11) is 0. The van der Waals surface area contributed by atoms with Gasteiger partial charge in [0.15, 0.2) is 11.5 Å². The number of nitrogens with zero attached hydrogens (tertiary/aromatic N) is 2. The summed E-state index contributed by atoms with van der Waals surface area (Å²) < 4.78 is 10.7. The lowest BCUT2D eigenvalue weighted by Crippen LogP contribution is -2.73. The summed E-state index contributed by atoms with van der Waals surface area (Å²) in [5.41, 5.74) is 2.50. The van der Waals surface area contributed by atoms with Gasteiger partial charge in [0.1, 0.15) is 6.54 Å². The number of ether oxygens (including phenoxy) is 2. The molecule has 6 rings (SSSR count). The molecule has 4 aliphatic rings. The maximum absolute atomic E-state index is 13.3. The third kappa shape index (κ3) is 4.10. The van der Waals surface area contributed by atoms with Crippen LogP contribution in [0.1, 0.15) is 59.5 Å². The van der Waals surface area contributed by atoms with Crippen molar-refractivity contribution in [2.45, 2.75) is 50.1 Å². The van der Waals surface area contributed by atoms with Gasteiger partial charge in [-0.15, -0.1) is 0 Å². The van der Waals surface area contributed by atoms with Crippen molar-refractivity contribution in [3.05, 3.63) is 59.2 Å². The van der Waals surface area contributed by atoms with Crippen molar-refractivity contribution in [2.24, 2.45) is 5.92 Å². The fourth-order valence-corrected chi connectivity index (χ4v) is 6.17. The van der Waals surface area contributed by atoms with E-state index in [1.54, 1.807) is 28.0 Å². The van der Waals surface area contributed by atoms with Crippen molar-refractivity contribution < 1.29 is 24.2 Å². The number of carbonyl (C=O) groups is 2. The summed E-state index contributed by atoms with van der Waals surface area (Å²) >= 11 is 0. The van der Waals surface area contributed by atoms with Gasteiger partial charge in [0.05, 0.1) is 18.7 Å². The quantitative estimate of drug-likeness (QED) is 0.672. The fourth-order valence-electron chi connectivity index (χ4n) is 6.17. The maximum Gasteiger partial charge on any atom is 0.254 e. The lowest BCUT2D eigenvalue weighted by molar-refractivity contribution is -0.159. The second kappa shape index (κ2) is 9.51. The van der Waals surface area contributed by atoms with Crippen molar-refractivity contribution in [1.29, 1.82) is 0 Å². The van der Waals surface area contributed by atoms with Crippen LogP contribution in [0.15, 0.2) is 42.5 Å². The Bertz CT molecular complexity index is 1220. The standard InChI is InChI=1S/C29H30N2O5/c32-17-24-28(21-10-8-20(9-11-21)7-3-6-19-4-1-2-5-19)23-15-30(16-27(33)31(23)24)29(34)22-12-13-25-26(14-22)36-18-35-25/h8-14,19,23-24,28,32H,1-2,4-6,15-18H2/t23-,24-,28-/m0/s1. The van der Waals surface area contributed by atoms with Crippen LogP contribution in [0.3, 0.4) is 0 Å². The van der Waals surface area contributed by atoms with Crippen LogP contribution < -0.4 is 9.47 Å². The maximum atomic E-state index is 13.3. The molecule has 1 N–H and O–H groups in total. The molecule has 2 aromatic rings. The van der Waals surface area contributed by atoms with E-state index >= 15 is 0 Å². The van der Waals surface area contributed by atoms with Crippen LogP contribution in [0.4, 0.5) is 0 Å². The molecule has 36 heavy (non-hydrogen) atoms. The van der Waals surface area contributed by atoms with Crippen LogP contribution in [-0.2, 0) is 4.79 Å². The van der Waals surface area contributed by atoms with Gasteiger partial charge < -0.3 is 24.4 Å². The topological polar surface area (TPSA) is 79.3 Å². The molecule has 7 heteroatoms. The Morgan fingerprint density at radius 2 is 1.83 bits per heavy atom. The van der Waals surface area contributed by atoms with E-state index in [9.17, 15) is 14.7 Å². The molecule has 2 amide bonds. The fraction of sp³-hybridized carbons (Fsp3) is 0.448. The highest BCUT2D eigenvalue weighted by Gasteiger charge is 2.54.